The second kappa shape index (κ2) is 8.42. The van der Waals surface area contributed by atoms with Crippen molar-refractivity contribution >= 4 is 22.8 Å². The maximum atomic E-state index is 12.6. The number of fused-ring (bicyclic) bond motifs is 1. The minimum absolute atomic E-state index is 0.0805. The number of ether oxygens (including phenoxy) is 1. The van der Waals surface area contributed by atoms with E-state index in [2.05, 4.69) is 10.3 Å². The summed E-state index contributed by atoms with van der Waals surface area (Å²) in [6.07, 6.45) is -0.797. The Labute approximate surface area is 156 Å². The molecular weight excluding hydrogens is 344 g/mol. The van der Waals surface area contributed by atoms with Gasteiger partial charge < -0.3 is 15.2 Å². The molecule has 0 saturated heterocycles. The third kappa shape index (κ3) is 4.48. The van der Waals surface area contributed by atoms with Gasteiger partial charge in [-0.05, 0) is 17.7 Å². The lowest BCUT2D eigenvalue weighted by Crippen LogP contribution is -2.44. The molecule has 0 aliphatic heterocycles. The highest BCUT2D eigenvalue weighted by Crippen LogP contribution is 2.17. The lowest BCUT2D eigenvalue weighted by Gasteiger charge is -2.19. The Bertz CT molecular complexity index is 943. The van der Waals surface area contributed by atoms with Gasteiger partial charge in [0.15, 0.2) is 6.10 Å². The van der Waals surface area contributed by atoms with Crippen molar-refractivity contribution in [3.05, 3.63) is 78.0 Å². The summed E-state index contributed by atoms with van der Waals surface area (Å²) in [7, 11) is 1.41. The van der Waals surface area contributed by atoms with Gasteiger partial charge in [-0.1, -0.05) is 54.6 Å². The van der Waals surface area contributed by atoms with Gasteiger partial charge in [-0.15, -0.1) is 0 Å². The standard InChI is InChI=1S/C21H20N2O4/c1-27-19(15-8-3-2-4-9-15)20(24)23-18(21(25)26)13-16-12-11-14-7-5-6-10-17(14)22-16/h2-12,18-19H,13H2,1H3,(H,23,24)(H,25,26)/t18-,19+/m0/s1. The zero-order chi connectivity index (χ0) is 19.2. The molecule has 0 unspecified atom stereocenters. The van der Waals surface area contributed by atoms with Crippen LogP contribution in [0.5, 0.6) is 0 Å². The van der Waals surface area contributed by atoms with Crippen LogP contribution in [0.4, 0.5) is 0 Å². The Morgan fingerprint density at radius 3 is 2.44 bits per heavy atom. The van der Waals surface area contributed by atoms with E-state index in [-0.39, 0.29) is 6.42 Å². The first-order valence-corrected chi connectivity index (χ1v) is 8.54. The van der Waals surface area contributed by atoms with Gasteiger partial charge in [0.25, 0.3) is 5.91 Å². The highest BCUT2D eigenvalue weighted by molar-refractivity contribution is 5.87. The number of hydrogen-bond donors (Lipinski definition) is 2. The van der Waals surface area contributed by atoms with E-state index in [1.165, 1.54) is 7.11 Å². The Balaban J connectivity index is 1.76. The van der Waals surface area contributed by atoms with E-state index in [0.29, 0.717) is 11.3 Å². The Morgan fingerprint density at radius 2 is 1.74 bits per heavy atom. The molecule has 27 heavy (non-hydrogen) atoms. The molecule has 0 aliphatic carbocycles. The van der Waals surface area contributed by atoms with Gasteiger partial charge >= 0.3 is 5.97 Å². The maximum Gasteiger partial charge on any atom is 0.326 e. The Kier molecular flexibility index (Phi) is 5.78. The number of carboxylic acids is 1. The lowest BCUT2D eigenvalue weighted by molar-refractivity contribution is -0.144. The molecule has 1 amide bonds. The molecule has 6 heteroatoms. The van der Waals surface area contributed by atoms with Crippen LogP contribution in [0.25, 0.3) is 10.9 Å². The summed E-state index contributed by atoms with van der Waals surface area (Å²) in [5.74, 6) is -1.63. The fourth-order valence-electron chi connectivity index (χ4n) is 2.90. The van der Waals surface area contributed by atoms with Crippen LogP contribution in [0, 0.1) is 0 Å². The van der Waals surface area contributed by atoms with E-state index in [0.717, 1.165) is 10.9 Å². The van der Waals surface area contributed by atoms with Crippen LogP contribution in [0.3, 0.4) is 0 Å². The van der Waals surface area contributed by atoms with E-state index in [9.17, 15) is 14.7 Å². The molecule has 0 fully saturated rings. The predicted molar refractivity (Wildman–Crippen MR) is 101 cm³/mol. The van der Waals surface area contributed by atoms with Crippen LogP contribution >= 0.6 is 0 Å². The lowest BCUT2D eigenvalue weighted by atomic mass is 10.1. The normalized spacial score (nSPS) is 13.1. The van der Waals surface area contributed by atoms with Crippen LogP contribution in [0.15, 0.2) is 66.7 Å². The minimum Gasteiger partial charge on any atom is -0.480 e. The number of carbonyl (C=O) groups is 2. The molecule has 0 radical (unpaired) electrons. The summed E-state index contributed by atoms with van der Waals surface area (Å²) >= 11 is 0. The molecule has 0 saturated carbocycles. The van der Waals surface area contributed by atoms with Gasteiger partial charge in [-0.3, -0.25) is 9.78 Å². The van der Waals surface area contributed by atoms with Crippen LogP contribution in [-0.4, -0.2) is 35.1 Å². The van der Waals surface area contributed by atoms with E-state index in [1.807, 2.05) is 36.4 Å². The van der Waals surface area contributed by atoms with Crippen molar-refractivity contribution in [1.82, 2.24) is 10.3 Å². The van der Waals surface area contributed by atoms with Gasteiger partial charge in [0.1, 0.15) is 6.04 Å². The number of aliphatic carboxylic acids is 1. The fourth-order valence-corrected chi connectivity index (χ4v) is 2.90. The topological polar surface area (TPSA) is 88.5 Å². The van der Waals surface area contributed by atoms with Crippen molar-refractivity contribution in [1.29, 1.82) is 0 Å². The average molecular weight is 364 g/mol. The molecule has 0 bridgehead atoms. The molecule has 138 valence electrons. The minimum atomic E-state index is -1.12. The van der Waals surface area contributed by atoms with E-state index in [4.69, 9.17) is 4.74 Å². The second-order valence-electron chi connectivity index (χ2n) is 6.13. The first-order valence-electron chi connectivity index (χ1n) is 8.54. The summed E-state index contributed by atoms with van der Waals surface area (Å²) in [5.41, 5.74) is 2.03. The first kappa shape index (κ1) is 18.5. The number of amides is 1. The summed E-state index contributed by atoms with van der Waals surface area (Å²) in [6, 6.07) is 19.1. The Morgan fingerprint density at radius 1 is 1.04 bits per heavy atom. The molecule has 1 heterocycles. The number of rotatable bonds is 7. The zero-order valence-electron chi connectivity index (χ0n) is 14.8. The van der Waals surface area contributed by atoms with Gasteiger partial charge in [-0.2, -0.15) is 0 Å². The monoisotopic (exact) mass is 364 g/mol. The quantitative estimate of drug-likeness (QED) is 0.673. The van der Waals surface area contributed by atoms with Crippen molar-refractivity contribution in [2.45, 2.75) is 18.6 Å². The number of aromatic nitrogens is 1. The summed E-state index contributed by atoms with van der Waals surface area (Å²) in [6.45, 7) is 0. The van der Waals surface area contributed by atoms with Crippen LogP contribution in [0.1, 0.15) is 17.4 Å². The molecule has 6 nitrogen and oxygen atoms in total. The number of hydrogen-bond acceptors (Lipinski definition) is 4. The van der Waals surface area contributed by atoms with Gasteiger partial charge in [0, 0.05) is 24.6 Å². The van der Waals surface area contributed by atoms with Crippen molar-refractivity contribution < 1.29 is 19.4 Å². The highest BCUT2D eigenvalue weighted by atomic mass is 16.5. The number of methoxy groups -OCH3 is 1. The number of carboxylic acid groups (broad SMARTS) is 1. The number of benzene rings is 2. The van der Waals surface area contributed by atoms with Gasteiger partial charge in [0.05, 0.1) is 5.52 Å². The molecule has 3 aromatic rings. The average Bonchev–Trinajstić information content (AvgIpc) is 2.68. The predicted octanol–water partition coefficient (Wildman–Crippen LogP) is 2.73. The second-order valence-corrected chi connectivity index (χ2v) is 6.13. The van der Waals surface area contributed by atoms with Crippen LogP contribution in [0.2, 0.25) is 0 Å². The molecular formula is C21H20N2O4. The van der Waals surface area contributed by atoms with Gasteiger partial charge in [0.2, 0.25) is 0 Å². The third-order valence-electron chi connectivity index (χ3n) is 4.26. The van der Waals surface area contributed by atoms with E-state index < -0.39 is 24.0 Å². The number of nitrogens with zero attached hydrogens (tertiary/aromatic N) is 1. The highest BCUT2D eigenvalue weighted by Gasteiger charge is 2.26. The number of carbonyl (C=O) groups excluding carboxylic acids is 1. The zero-order valence-corrected chi connectivity index (χ0v) is 14.8. The smallest absolute Gasteiger partial charge is 0.326 e. The fraction of sp³-hybridized carbons (Fsp3) is 0.190. The summed E-state index contributed by atoms with van der Waals surface area (Å²) in [5, 5.41) is 13.1. The number of nitrogens with one attached hydrogen (secondary N) is 1. The van der Waals surface area contributed by atoms with Crippen molar-refractivity contribution in [3.63, 3.8) is 0 Å². The molecule has 3 rings (SSSR count). The SMILES string of the molecule is CO[C@@H](C(=O)N[C@@H](Cc1ccc2ccccc2n1)C(=O)O)c1ccccc1. The molecule has 2 N–H and O–H groups in total. The third-order valence-corrected chi connectivity index (χ3v) is 4.26. The number of para-hydroxylation sites is 1. The summed E-state index contributed by atoms with van der Waals surface area (Å²) in [4.78, 5) is 28.7. The van der Waals surface area contributed by atoms with Crippen molar-refractivity contribution in [2.75, 3.05) is 7.11 Å². The van der Waals surface area contributed by atoms with Crippen molar-refractivity contribution in [2.24, 2.45) is 0 Å². The summed E-state index contributed by atoms with van der Waals surface area (Å²) < 4.78 is 5.27. The van der Waals surface area contributed by atoms with Gasteiger partial charge in [-0.25, -0.2) is 4.79 Å². The van der Waals surface area contributed by atoms with E-state index in [1.54, 1.807) is 30.3 Å². The Hall–Kier alpha value is -3.25. The largest absolute Gasteiger partial charge is 0.480 e. The van der Waals surface area contributed by atoms with Crippen LogP contribution < -0.4 is 5.32 Å². The molecule has 0 spiro atoms. The van der Waals surface area contributed by atoms with E-state index >= 15 is 0 Å². The molecule has 2 aromatic carbocycles. The molecule has 2 atom stereocenters. The molecule has 0 aliphatic rings. The first-order chi connectivity index (χ1) is 13.1. The molecule has 1 aromatic heterocycles. The van der Waals surface area contributed by atoms with Crippen LogP contribution in [-0.2, 0) is 20.7 Å². The van der Waals surface area contributed by atoms with Crippen molar-refractivity contribution in [3.8, 4) is 0 Å². The maximum absolute atomic E-state index is 12.6. The number of pyridine rings is 1.